The topological polar surface area (TPSA) is 20.2 Å². The van der Waals surface area contributed by atoms with E-state index in [0.29, 0.717) is 0 Å². The van der Waals surface area contributed by atoms with Gasteiger partial charge in [-0.3, -0.25) is 0 Å². The lowest BCUT2D eigenvalue weighted by atomic mass is 10.0. The average molecular weight is 218 g/mol. The number of aryl methyl sites for hydroxylation is 2. The van der Waals surface area contributed by atoms with Crippen LogP contribution in [-0.4, -0.2) is 5.11 Å². The van der Waals surface area contributed by atoms with Crippen LogP contribution in [0, 0.1) is 13.8 Å². The fourth-order valence-electron chi connectivity index (χ4n) is 1.70. The van der Waals surface area contributed by atoms with Gasteiger partial charge < -0.3 is 5.11 Å². The average Bonchev–Trinajstić information content (AvgIpc) is 2.64. The number of aliphatic hydroxyl groups excluding tert-OH is 1. The van der Waals surface area contributed by atoms with Crippen LogP contribution in [0.2, 0.25) is 0 Å². The zero-order chi connectivity index (χ0) is 10.8. The van der Waals surface area contributed by atoms with Gasteiger partial charge in [-0.25, -0.2) is 0 Å². The van der Waals surface area contributed by atoms with Crippen LogP contribution in [0.5, 0.6) is 0 Å². The molecule has 2 aromatic rings. The van der Waals surface area contributed by atoms with E-state index in [1.807, 2.05) is 49.6 Å². The summed E-state index contributed by atoms with van der Waals surface area (Å²) in [6.45, 7) is 4.06. The molecule has 2 rings (SSSR count). The summed E-state index contributed by atoms with van der Waals surface area (Å²) in [5, 5.41) is 12.3. The van der Waals surface area contributed by atoms with Gasteiger partial charge in [0.2, 0.25) is 0 Å². The molecule has 0 radical (unpaired) electrons. The molecule has 0 amide bonds. The van der Waals surface area contributed by atoms with Crippen LogP contribution in [0.4, 0.5) is 0 Å². The van der Waals surface area contributed by atoms with Crippen molar-refractivity contribution < 1.29 is 5.11 Å². The van der Waals surface area contributed by atoms with E-state index in [-0.39, 0.29) is 0 Å². The Kier molecular flexibility index (Phi) is 2.89. The first-order chi connectivity index (χ1) is 7.20. The smallest absolute Gasteiger partial charge is 0.114 e. The largest absolute Gasteiger partial charge is 0.383 e. The molecule has 1 aromatic heterocycles. The summed E-state index contributed by atoms with van der Waals surface area (Å²) in [5.41, 5.74) is 3.30. The summed E-state index contributed by atoms with van der Waals surface area (Å²) in [6.07, 6.45) is -0.480. The first kappa shape index (κ1) is 10.4. The summed E-state index contributed by atoms with van der Waals surface area (Å²) in [7, 11) is 0. The van der Waals surface area contributed by atoms with Gasteiger partial charge in [0.1, 0.15) is 6.10 Å². The first-order valence-electron chi connectivity index (χ1n) is 4.97. The lowest BCUT2D eigenvalue weighted by Gasteiger charge is -2.13. The Morgan fingerprint density at radius 1 is 1.07 bits per heavy atom. The molecule has 15 heavy (non-hydrogen) atoms. The van der Waals surface area contributed by atoms with Gasteiger partial charge in [0.05, 0.1) is 0 Å². The van der Waals surface area contributed by atoms with Gasteiger partial charge in [0, 0.05) is 4.88 Å². The zero-order valence-electron chi connectivity index (χ0n) is 8.90. The van der Waals surface area contributed by atoms with E-state index >= 15 is 0 Å². The molecule has 1 nitrogen and oxygen atoms in total. The summed E-state index contributed by atoms with van der Waals surface area (Å²) in [5.74, 6) is 0. The third kappa shape index (κ3) is 1.96. The van der Waals surface area contributed by atoms with E-state index in [2.05, 4.69) is 0 Å². The maximum atomic E-state index is 10.3. The third-order valence-electron chi connectivity index (χ3n) is 2.63. The summed E-state index contributed by atoms with van der Waals surface area (Å²) in [4.78, 5) is 1.05. The Hall–Kier alpha value is -1.12. The quantitative estimate of drug-likeness (QED) is 0.818. The number of rotatable bonds is 2. The molecule has 1 heterocycles. The minimum Gasteiger partial charge on any atom is -0.383 e. The summed E-state index contributed by atoms with van der Waals surface area (Å²) < 4.78 is 0. The zero-order valence-corrected chi connectivity index (χ0v) is 9.71. The van der Waals surface area contributed by atoms with Crippen molar-refractivity contribution in [3.63, 3.8) is 0 Å². The molecular weight excluding hydrogens is 204 g/mol. The van der Waals surface area contributed by atoms with Gasteiger partial charge in [-0.2, -0.15) is 0 Å². The molecule has 2 heteroatoms. The number of thiophene rings is 1. The maximum Gasteiger partial charge on any atom is 0.114 e. The highest BCUT2D eigenvalue weighted by molar-refractivity contribution is 7.10. The predicted molar refractivity (Wildman–Crippen MR) is 64.3 cm³/mol. The van der Waals surface area contributed by atoms with Crippen LogP contribution >= 0.6 is 11.3 Å². The molecule has 78 valence electrons. The molecular formula is C13H14OS. The van der Waals surface area contributed by atoms with E-state index in [4.69, 9.17) is 0 Å². The molecule has 0 bridgehead atoms. The highest BCUT2D eigenvalue weighted by Crippen LogP contribution is 2.30. The monoisotopic (exact) mass is 218 g/mol. The van der Waals surface area contributed by atoms with E-state index in [1.54, 1.807) is 11.3 Å². The van der Waals surface area contributed by atoms with Gasteiger partial charge in [-0.15, -0.1) is 11.3 Å². The van der Waals surface area contributed by atoms with E-state index in [9.17, 15) is 5.11 Å². The number of benzene rings is 1. The third-order valence-corrected chi connectivity index (χ3v) is 3.70. The van der Waals surface area contributed by atoms with Crippen molar-refractivity contribution in [2.75, 3.05) is 0 Å². The number of aliphatic hydroxyl groups is 1. The molecule has 1 atom stereocenters. The second-order valence-electron chi connectivity index (χ2n) is 3.73. The van der Waals surface area contributed by atoms with Crippen LogP contribution in [0.3, 0.4) is 0 Å². The molecule has 0 aliphatic heterocycles. The Morgan fingerprint density at radius 3 is 2.40 bits per heavy atom. The Balaban J connectivity index is 2.41. The van der Waals surface area contributed by atoms with Crippen molar-refractivity contribution >= 4 is 11.3 Å². The Bertz CT molecular complexity index is 459. The first-order valence-corrected chi connectivity index (χ1v) is 5.85. The standard InChI is InChI=1S/C13H14OS/c1-9-5-3-4-6-11(9)12(14)13-10(2)7-8-15-13/h3-8,12,14H,1-2H3. The van der Waals surface area contributed by atoms with Crippen molar-refractivity contribution in [1.82, 2.24) is 0 Å². The van der Waals surface area contributed by atoms with Crippen LogP contribution < -0.4 is 0 Å². The molecule has 0 aliphatic rings. The summed E-state index contributed by atoms with van der Waals surface area (Å²) in [6, 6.07) is 10.0. The van der Waals surface area contributed by atoms with Crippen LogP contribution in [-0.2, 0) is 0 Å². The number of hydrogen-bond donors (Lipinski definition) is 1. The maximum absolute atomic E-state index is 10.3. The van der Waals surface area contributed by atoms with E-state index in [1.165, 1.54) is 0 Å². The summed E-state index contributed by atoms with van der Waals surface area (Å²) >= 11 is 1.61. The lowest BCUT2D eigenvalue weighted by Crippen LogP contribution is -2.00. The minimum atomic E-state index is -0.480. The highest BCUT2D eigenvalue weighted by Gasteiger charge is 2.15. The van der Waals surface area contributed by atoms with Crippen molar-refractivity contribution in [2.45, 2.75) is 20.0 Å². The fourth-order valence-corrected chi connectivity index (χ4v) is 2.63. The highest BCUT2D eigenvalue weighted by atomic mass is 32.1. The van der Waals surface area contributed by atoms with Crippen LogP contribution in [0.15, 0.2) is 35.7 Å². The SMILES string of the molecule is Cc1ccccc1C(O)c1sccc1C. The predicted octanol–water partition coefficient (Wildman–Crippen LogP) is 3.45. The fraction of sp³-hybridized carbons (Fsp3) is 0.231. The van der Waals surface area contributed by atoms with Gasteiger partial charge in [0.25, 0.3) is 0 Å². The lowest BCUT2D eigenvalue weighted by molar-refractivity contribution is 0.222. The van der Waals surface area contributed by atoms with E-state index < -0.39 is 6.10 Å². The molecule has 0 saturated carbocycles. The Labute approximate surface area is 94.0 Å². The van der Waals surface area contributed by atoms with Gasteiger partial charge in [-0.05, 0) is 42.0 Å². The van der Waals surface area contributed by atoms with Crippen molar-refractivity contribution in [3.05, 3.63) is 57.3 Å². The minimum absolute atomic E-state index is 0.480. The molecule has 0 aliphatic carbocycles. The normalized spacial score (nSPS) is 12.7. The molecule has 0 spiro atoms. The van der Waals surface area contributed by atoms with Gasteiger partial charge in [0.15, 0.2) is 0 Å². The number of hydrogen-bond acceptors (Lipinski definition) is 2. The van der Waals surface area contributed by atoms with Crippen molar-refractivity contribution in [3.8, 4) is 0 Å². The van der Waals surface area contributed by atoms with Crippen LogP contribution in [0.1, 0.15) is 27.7 Å². The Morgan fingerprint density at radius 2 is 1.80 bits per heavy atom. The van der Waals surface area contributed by atoms with Gasteiger partial charge in [-0.1, -0.05) is 24.3 Å². The van der Waals surface area contributed by atoms with E-state index in [0.717, 1.165) is 21.6 Å². The molecule has 1 aromatic carbocycles. The van der Waals surface area contributed by atoms with Gasteiger partial charge >= 0.3 is 0 Å². The second-order valence-corrected chi connectivity index (χ2v) is 4.67. The molecule has 0 saturated heterocycles. The molecule has 0 fully saturated rings. The molecule has 1 N–H and O–H groups in total. The van der Waals surface area contributed by atoms with Crippen molar-refractivity contribution in [1.29, 1.82) is 0 Å². The van der Waals surface area contributed by atoms with Crippen molar-refractivity contribution in [2.24, 2.45) is 0 Å². The molecule has 1 unspecified atom stereocenters. The second kappa shape index (κ2) is 4.17. The van der Waals surface area contributed by atoms with Crippen LogP contribution in [0.25, 0.3) is 0 Å².